The minimum absolute atomic E-state index is 0.00395. The van der Waals surface area contributed by atoms with Crippen LogP contribution in [-0.2, 0) is 14.8 Å². The normalized spacial score (nSPS) is 12.7. The van der Waals surface area contributed by atoms with Crippen molar-refractivity contribution in [3.8, 4) is 11.5 Å². The van der Waals surface area contributed by atoms with Gasteiger partial charge in [-0.15, -0.1) is 0 Å². The molecular formula is C22H16BrCl2N3O5S. The number of anilines is 1. The van der Waals surface area contributed by atoms with Crippen molar-refractivity contribution < 1.29 is 22.7 Å². The van der Waals surface area contributed by atoms with Crippen molar-refractivity contribution in [2.24, 2.45) is 5.10 Å². The van der Waals surface area contributed by atoms with E-state index in [-0.39, 0.29) is 27.4 Å². The van der Waals surface area contributed by atoms with Gasteiger partial charge in [-0.3, -0.25) is 9.10 Å². The minimum Gasteiger partial charge on any atom is -0.454 e. The van der Waals surface area contributed by atoms with E-state index < -0.39 is 22.5 Å². The second-order valence-electron chi connectivity index (χ2n) is 6.92. The summed E-state index contributed by atoms with van der Waals surface area (Å²) in [7, 11) is -4.14. The average Bonchev–Trinajstić information content (AvgIpc) is 3.27. The van der Waals surface area contributed by atoms with E-state index in [0.717, 1.165) is 4.31 Å². The summed E-state index contributed by atoms with van der Waals surface area (Å²) in [5, 5.41) is 4.09. The van der Waals surface area contributed by atoms with E-state index in [1.165, 1.54) is 30.5 Å². The van der Waals surface area contributed by atoms with Crippen LogP contribution in [0.15, 0.2) is 75.1 Å². The van der Waals surface area contributed by atoms with Crippen LogP contribution in [0.25, 0.3) is 0 Å². The van der Waals surface area contributed by atoms with Gasteiger partial charge in [0.2, 0.25) is 6.79 Å². The molecule has 0 saturated heterocycles. The smallest absolute Gasteiger partial charge is 0.264 e. The summed E-state index contributed by atoms with van der Waals surface area (Å²) in [6, 6.07) is 15.7. The Hall–Kier alpha value is -2.79. The van der Waals surface area contributed by atoms with Crippen molar-refractivity contribution in [3.05, 3.63) is 80.7 Å². The molecule has 12 heteroatoms. The Morgan fingerprint density at radius 1 is 1.09 bits per heavy atom. The first kappa shape index (κ1) is 24.3. The standard InChI is InChI=1S/C22H16BrCl2N3O5S/c23-16-10-20-19(32-13-33-20)9-14(16)11-26-27-21(29)12-28(18-8-4-7-17(24)22(18)25)34(30,31)15-5-2-1-3-6-15/h1-11H,12-13H2,(H,27,29)/b26-11-. The van der Waals surface area contributed by atoms with Gasteiger partial charge in [-0.2, -0.15) is 5.10 Å². The van der Waals surface area contributed by atoms with Gasteiger partial charge in [0, 0.05) is 10.0 Å². The number of benzene rings is 3. The van der Waals surface area contributed by atoms with Crippen LogP contribution < -0.4 is 19.2 Å². The fourth-order valence-electron chi connectivity index (χ4n) is 3.08. The van der Waals surface area contributed by atoms with E-state index in [4.69, 9.17) is 32.7 Å². The number of hydrazone groups is 1. The van der Waals surface area contributed by atoms with Crippen molar-refractivity contribution in [2.75, 3.05) is 17.6 Å². The highest BCUT2D eigenvalue weighted by Gasteiger charge is 2.29. The van der Waals surface area contributed by atoms with E-state index in [2.05, 4.69) is 26.5 Å². The molecule has 0 aliphatic carbocycles. The second-order valence-corrected chi connectivity index (χ2v) is 10.4. The number of ether oxygens (including phenoxy) is 2. The molecule has 0 aromatic heterocycles. The molecule has 3 aromatic rings. The Morgan fingerprint density at radius 3 is 2.53 bits per heavy atom. The van der Waals surface area contributed by atoms with E-state index in [1.807, 2.05) is 0 Å². The monoisotopic (exact) mass is 583 g/mol. The summed E-state index contributed by atoms with van der Waals surface area (Å²) < 4.78 is 38.9. The molecule has 1 N–H and O–H groups in total. The lowest BCUT2D eigenvalue weighted by Gasteiger charge is -2.24. The van der Waals surface area contributed by atoms with Crippen LogP contribution in [0.2, 0.25) is 10.0 Å². The van der Waals surface area contributed by atoms with E-state index in [1.54, 1.807) is 36.4 Å². The van der Waals surface area contributed by atoms with Crippen LogP contribution >= 0.6 is 39.1 Å². The van der Waals surface area contributed by atoms with E-state index >= 15 is 0 Å². The van der Waals surface area contributed by atoms with Gasteiger partial charge >= 0.3 is 0 Å². The third-order valence-corrected chi connectivity index (χ3v) is 7.97. The molecule has 0 bridgehead atoms. The number of fused-ring (bicyclic) bond motifs is 1. The molecule has 4 rings (SSSR count). The lowest BCUT2D eigenvalue weighted by Crippen LogP contribution is -2.39. The maximum Gasteiger partial charge on any atom is 0.264 e. The number of halogens is 3. The Morgan fingerprint density at radius 2 is 1.79 bits per heavy atom. The number of carbonyl (C=O) groups excluding carboxylic acids is 1. The van der Waals surface area contributed by atoms with Gasteiger partial charge in [0.1, 0.15) is 6.54 Å². The number of nitrogens with one attached hydrogen (secondary N) is 1. The highest BCUT2D eigenvalue weighted by Crippen LogP contribution is 2.37. The molecule has 0 fully saturated rings. The number of carbonyl (C=O) groups is 1. The van der Waals surface area contributed by atoms with Gasteiger partial charge in [-0.25, -0.2) is 13.8 Å². The highest BCUT2D eigenvalue weighted by molar-refractivity contribution is 9.10. The second kappa shape index (κ2) is 10.2. The number of nitrogens with zero attached hydrogens (tertiary/aromatic N) is 2. The molecule has 34 heavy (non-hydrogen) atoms. The molecule has 176 valence electrons. The van der Waals surface area contributed by atoms with Crippen LogP contribution in [0.1, 0.15) is 5.56 Å². The molecular weight excluding hydrogens is 569 g/mol. The Balaban J connectivity index is 1.58. The Labute approximate surface area is 214 Å². The number of sulfonamides is 1. The van der Waals surface area contributed by atoms with Gasteiger partial charge in [-0.1, -0.05) is 47.5 Å². The first-order valence-electron chi connectivity index (χ1n) is 9.70. The minimum atomic E-state index is -4.14. The molecule has 1 amide bonds. The molecule has 1 aliphatic heterocycles. The third-order valence-electron chi connectivity index (χ3n) is 4.70. The van der Waals surface area contributed by atoms with Crippen molar-refractivity contribution in [3.63, 3.8) is 0 Å². The van der Waals surface area contributed by atoms with Crippen molar-refractivity contribution >= 4 is 67.0 Å². The predicted molar refractivity (Wildman–Crippen MR) is 133 cm³/mol. The molecule has 1 aliphatic rings. The highest BCUT2D eigenvalue weighted by atomic mass is 79.9. The zero-order chi connectivity index (χ0) is 24.3. The molecule has 0 saturated carbocycles. The van der Waals surface area contributed by atoms with Gasteiger partial charge in [0.05, 0.1) is 26.8 Å². The molecule has 0 spiro atoms. The summed E-state index contributed by atoms with van der Waals surface area (Å²) in [6.07, 6.45) is 1.40. The van der Waals surface area contributed by atoms with Gasteiger partial charge in [-0.05, 0) is 52.3 Å². The van der Waals surface area contributed by atoms with Crippen molar-refractivity contribution in [1.29, 1.82) is 0 Å². The summed E-state index contributed by atoms with van der Waals surface area (Å²) in [4.78, 5) is 12.7. The molecule has 3 aromatic carbocycles. The van der Waals surface area contributed by atoms with E-state index in [9.17, 15) is 13.2 Å². The summed E-state index contributed by atoms with van der Waals surface area (Å²) in [6.45, 7) is -0.464. The van der Waals surface area contributed by atoms with Crippen LogP contribution in [0.3, 0.4) is 0 Å². The first-order chi connectivity index (χ1) is 16.3. The number of hydrogen-bond acceptors (Lipinski definition) is 6. The maximum absolute atomic E-state index is 13.4. The fraction of sp³-hybridized carbons (Fsp3) is 0.0909. The third kappa shape index (κ3) is 5.15. The summed E-state index contributed by atoms with van der Waals surface area (Å²) >= 11 is 15.8. The molecule has 0 atom stereocenters. The Kier molecular flexibility index (Phi) is 7.32. The van der Waals surface area contributed by atoms with Crippen molar-refractivity contribution in [2.45, 2.75) is 4.90 Å². The lowest BCUT2D eigenvalue weighted by atomic mass is 10.2. The number of rotatable bonds is 7. The van der Waals surface area contributed by atoms with Crippen molar-refractivity contribution in [1.82, 2.24) is 5.43 Å². The zero-order valence-corrected chi connectivity index (χ0v) is 21.2. The maximum atomic E-state index is 13.4. The topological polar surface area (TPSA) is 97.3 Å². The average molecular weight is 585 g/mol. The lowest BCUT2D eigenvalue weighted by molar-refractivity contribution is -0.119. The van der Waals surface area contributed by atoms with Gasteiger partial charge in [0.15, 0.2) is 11.5 Å². The van der Waals surface area contributed by atoms with Crippen LogP contribution in [-0.4, -0.2) is 33.9 Å². The Bertz CT molecular complexity index is 1370. The SMILES string of the molecule is O=C(CN(c1cccc(Cl)c1Cl)S(=O)(=O)c1ccccc1)N/N=C\c1cc2c(cc1Br)OCO2. The van der Waals surface area contributed by atoms with Crippen LogP contribution in [0, 0.1) is 0 Å². The van der Waals surface area contributed by atoms with Gasteiger partial charge < -0.3 is 9.47 Å². The predicted octanol–water partition coefficient (Wildman–Crippen LogP) is 4.83. The quantitative estimate of drug-likeness (QED) is 0.317. The van der Waals surface area contributed by atoms with Gasteiger partial charge in [0.25, 0.3) is 15.9 Å². The summed E-state index contributed by atoms with van der Waals surface area (Å²) in [5.74, 6) is 0.448. The molecule has 0 unspecified atom stereocenters. The first-order valence-corrected chi connectivity index (χ1v) is 12.7. The molecule has 0 radical (unpaired) electrons. The molecule has 1 heterocycles. The number of hydrogen-bond donors (Lipinski definition) is 1. The van der Waals surface area contributed by atoms with Crippen LogP contribution in [0.4, 0.5) is 5.69 Å². The number of amides is 1. The fourth-order valence-corrected chi connectivity index (χ4v) is 5.40. The summed E-state index contributed by atoms with van der Waals surface area (Å²) in [5.41, 5.74) is 3.03. The van der Waals surface area contributed by atoms with Crippen LogP contribution in [0.5, 0.6) is 11.5 Å². The van der Waals surface area contributed by atoms with E-state index in [0.29, 0.717) is 21.5 Å². The molecule has 8 nitrogen and oxygen atoms in total. The largest absolute Gasteiger partial charge is 0.454 e. The zero-order valence-electron chi connectivity index (χ0n) is 17.2.